The summed E-state index contributed by atoms with van der Waals surface area (Å²) >= 11 is 0. The van der Waals surface area contributed by atoms with Gasteiger partial charge in [-0.2, -0.15) is 5.10 Å². The summed E-state index contributed by atoms with van der Waals surface area (Å²) in [4.78, 5) is 12.4. The average molecular weight is 330 g/mol. The Labute approximate surface area is 141 Å². The number of rotatable bonds is 3. The fraction of sp³-hybridized carbons (Fsp3) is 0.588. The molecule has 0 unspecified atom stereocenters. The lowest BCUT2D eigenvalue weighted by Crippen LogP contribution is -2.46. The maximum atomic E-state index is 14.2. The molecule has 1 fully saturated rings. The number of nitrogens with one attached hydrogen (secondary N) is 1. The predicted molar refractivity (Wildman–Crippen MR) is 89.4 cm³/mol. The van der Waals surface area contributed by atoms with Gasteiger partial charge in [-0.25, -0.2) is 14.4 Å². The molecule has 1 aliphatic heterocycles. The Bertz CT molecular complexity index is 720. The lowest BCUT2D eigenvalue weighted by molar-refractivity contribution is 0.245. The van der Waals surface area contributed by atoms with Crippen LogP contribution in [0.1, 0.15) is 35.5 Å². The molecule has 1 aliphatic carbocycles. The minimum Gasteiger partial charge on any atom is -0.352 e. The molecule has 0 spiro atoms. The molecular formula is C17H23FN6. The van der Waals surface area contributed by atoms with Crippen molar-refractivity contribution in [3.05, 3.63) is 34.8 Å². The van der Waals surface area contributed by atoms with Crippen LogP contribution in [0.25, 0.3) is 0 Å². The highest BCUT2D eigenvalue weighted by molar-refractivity contribution is 5.41. The van der Waals surface area contributed by atoms with E-state index in [9.17, 15) is 4.39 Å². The molecule has 0 radical (unpaired) electrons. The third-order valence-electron chi connectivity index (χ3n) is 5.13. The van der Waals surface area contributed by atoms with Crippen LogP contribution in [0.15, 0.2) is 6.33 Å². The number of anilines is 1. The van der Waals surface area contributed by atoms with E-state index in [-0.39, 0.29) is 5.82 Å². The van der Waals surface area contributed by atoms with Crippen LogP contribution in [0.3, 0.4) is 0 Å². The van der Waals surface area contributed by atoms with Gasteiger partial charge in [0.15, 0.2) is 11.6 Å². The number of hydrogen-bond acceptors (Lipinski definition) is 5. The first kappa shape index (κ1) is 15.5. The van der Waals surface area contributed by atoms with Crippen LogP contribution in [-0.4, -0.2) is 51.2 Å². The second-order valence-electron chi connectivity index (χ2n) is 6.69. The van der Waals surface area contributed by atoms with Gasteiger partial charge in [0.2, 0.25) is 0 Å². The fourth-order valence-corrected chi connectivity index (χ4v) is 3.68. The Morgan fingerprint density at radius 1 is 1.12 bits per heavy atom. The minimum atomic E-state index is -0.299. The summed E-state index contributed by atoms with van der Waals surface area (Å²) in [5, 5.41) is 7.74. The van der Waals surface area contributed by atoms with Gasteiger partial charge < -0.3 is 4.90 Å². The number of nitrogens with zero attached hydrogens (tertiary/aromatic N) is 5. The molecule has 0 bridgehead atoms. The van der Waals surface area contributed by atoms with Gasteiger partial charge in [0.25, 0.3) is 0 Å². The number of halogens is 1. The summed E-state index contributed by atoms with van der Waals surface area (Å²) in [5.74, 6) is 0.131. The third kappa shape index (κ3) is 2.88. The molecule has 3 heterocycles. The minimum absolute atomic E-state index is 0.299. The van der Waals surface area contributed by atoms with Crippen LogP contribution in [0.4, 0.5) is 10.2 Å². The molecule has 1 saturated heterocycles. The van der Waals surface area contributed by atoms with E-state index in [0.29, 0.717) is 11.5 Å². The van der Waals surface area contributed by atoms with Gasteiger partial charge in [0.05, 0.1) is 11.4 Å². The molecule has 6 nitrogen and oxygen atoms in total. The number of hydrogen-bond donors (Lipinski definition) is 1. The van der Waals surface area contributed by atoms with Gasteiger partial charge in [0, 0.05) is 38.4 Å². The fourth-order valence-electron chi connectivity index (χ4n) is 3.68. The number of aromatic nitrogens is 4. The van der Waals surface area contributed by atoms with Crippen molar-refractivity contribution in [2.24, 2.45) is 0 Å². The van der Waals surface area contributed by atoms with Gasteiger partial charge in [0.1, 0.15) is 6.33 Å². The Kier molecular flexibility index (Phi) is 4.18. The van der Waals surface area contributed by atoms with E-state index in [0.717, 1.165) is 45.6 Å². The van der Waals surface area contributed by atoms with Gasteiger partial charge in [-0.1, -0.05) is 0 Å². The summed E-state index contributed by atoms with van der Waals surface area (Å²) in [6.07, 6.45) is 6.24. The molecule has 2 aliphatic rings. The molecule has 2 aromatic heterocycles. The topological polar surface area (TPSA) is 60.9 Å². The SMILES string of the molecule is Cc1ncnc(N2CCN(Cc3n[nH]c4c3CCCC4)CC2)c1F. The molecule has 128 valence electrons. The number of fused-ring (bicyclic) bond motifs is 1. The smallest absolute Gasteiger partial charge is 0.186 e. The van der Waals surface area contributed by atoms with Crippen molar-refractivity contribution in [1.82, 2.24) is 25.1 Å². The molecule has 1 N–H and O–H groups in total. The second kappa shape index (κ2) is 6.47. The maximum absolute atomic E-state index is 14.2. The van der Waals surface area contributed by atoms with Crippen molar-refractivity contribution in [2.45, 2.75) is 39.2 Å². The first-order chi connectivity index (χ1) is 11.7. The molecule has 7 heteroatoms. The zero-order valence-corrected chi connectivity index (χ0v) is 14.1. The highest BCUT2D eigenvalue weighted by Gasteiger charge is 2.24. The molecule has 2 aromatic rings. The van der Waals surface area contributed by atoms with Crippen LogP contribution in [-0.2, 0) is 19.4 Å². The predicted octanol–water partition coefficient (Wildman–Crippen LogP) is 1.85. The van der Waals surface area contributed by atoms with Gasteiger partial charge in [-0.05, 0) is 38.2 Å². The number of H-pyrrole nitrogens is 1. The van der Waals surface area contributed by atoms with Crippen molar-refractivity contribution in [1.29, 1.82) is 0 Å². The quantitative estimate of drug-likeness (QED) is 0.931. The van der Waals surface area contributed by atoms with E-state index in [2.05, 4.69) is 25.1 Å². The normalized spacial score (nSPS) is 18.7. The van der Waals surface area contributed by atoms with Crippen molar-refractivity contribution in [3.8, 4) is 0 Å². The number of aryl methyl sites for hydroxylation is 2. The Hall–Kier alpha value is -2.02. The Morgan fingerprint density at radius 3 is 2.75 bits per heavy atom. The van der Waals surface area contributed by atoms with Crippen molar-refractivity contribution in [2.75, 3.05) is 31.1 Å². The molecular weight excluding hydrogens is 307 g/mol. The van der Waals surface area contributed by atoms with E-state index in [4.69, 9.17) is 0 Å². The molecule has 24 heavy (non-hydrogen) atoms. The first-order valence-corrected chi connectivity index (χ1v) is 8.72. The van der Waals surface area contributed by atoms with Crippen LogP contribution >= 0.6 is 0 Å². The standard InChI is InChI=1S/C17H23FN6/c1-12-16(18)17(20-11-19-12)24-8-6-23(7-9-24)10-15-13-4-2-3-5-14(13)21-22-15/h11H,2-10H2,1H3,(H,21,22). The lowest BCUT2D eigenvalue weighted by atomic mass is 9.96. The largest absolute Gasteiger partial charge is 0.352 e. The van der Waals surface area contributed by atoms with Gasteiger partial charge in [-0.3, -0.25) is 10.00 Å². The van der Waals surface area contributed by atoms with Crippen LogP contribution in [0, 0.1) is 12.7 Å². The van der Waals surface area contributed by atoms with Crippen molar-refractivity contribution < 1.29 is 4.39 Å². The molecule has 0 aromatic carbocycles. The molecule has 0 amide bonds. The second-order valence-corrected chi connectivity index (χ2v) is 6.69. The monoisotopic (exact) mass is 330 g/mol. The zero-order chi connectivity index (χ0) is 16.5. The highest BCUT2D eigenvalue weighted by Crippen LogP contribution is 2.24. The van der Waals surface area contributed by atoms with E-state index in [1.165, 1.54) is 36.1 Å². The van der Waals surface area contributed by atoms with Crippen LogP contribution in [0.5, 0.6) is 0 Å². The molecule has 0 saturated carbocycles. The van der Waals surface area contributed by atoms with Crippen molar-refractivity contribution >= 4 is 5.82 Å². The Balaban J connectivity index is 1.40. The maximum Gasteiger partial charge on any atom is 0.186 e. The summed E-state index contributed by atoms with van der Waals surface area (Å²) in [5.41, 5.74) is 4.36. The third-order valence-corrected chi connectivity index (χ3v) is 5.13. The number of piperazine rings is 1. The summed E-state index contributed by atoms with van der Waals surface area (Å²) < 4.78 is 14.2. The van der Waals surface area contributed by atoms with Crippen LogP contribution in [0.2, 0.25) is 0 Å². The summed E-state index contributed by atoms with van der Waals surface area (Å²) in [7, 11) is 0. The summed E-state index contributed by atoms with van der Waals surface area (Å²) in [6.45, 7) is 5.90. The molecule has 0 atom stereocenters. The molecule has 4 rings (SSSR count). The van der Waals surface area contributed by atoms with Gasteiger partial charge >= 0.3 is 0 Å². The van der Waals surface area contributed by atoms with Crippen molar-refractivity contribution in [3.63, 3.8) is 0 Å². The first-order valence-electron chi connectivity index (χ1n) is 8.72. The van der Waals surface area contributed by atoms with Crippen LogP contribution < -0.4 is 4.90 Å². The van der Waals surface area contributed by atoms with E-state index in [1.807, 2.05) is 4.90 Å². The average Bonchev–Trinajstić information content (AvgIpc) is 3.01. The Morgan fingerprint density at radius 2 is 1.92 bits per heavy atom. The lowest BCUT2D eigenvalue weighted by Gasteiger charge is -2.35. The number of aromatic amines is 1. The van der Waals surface area contributed by atoms with E-state index >= 15 is 0 Å². The van der Waals surface area contributed by atoms with E-state index < -0.39 is 0 Å². The zero-order valence-electron chi connectivity index (χ0n) is 14.1. The van der Waals surface area contributed by atoms with Gasteiger partial charge in [-0.15, -0.1) is 0 Å². The summed E-state index contributed by atoms with van der Waals surface area (Å²) in [6, 6.07) is 0. The highest BCUT2D eigenvalue weighted by atomic mass is 19.1. The van der Waals surface area contributed by atoms with E-state index in [1.54, 1.807) is 6.92 Å².